The summed E-state index contributed by atoms with van der Waals surface area (Å²) in [4.78, 5) is 36.3. The smallest absolute Gasteiger partial charge is 0.455 e. The third-order valence-electron chi connectivity index (χ3n) is 4.54. The number of aryl methyl sites for hydroxylation is 1. The summed E-state index contributed by atoms with van der Waals surface area (Å²) in [6, 6.07) is 7.73. The molecule has 0 heterocycles. The lowest BCUT2D eigenvalue weighted by atomic mass is 9.74. The molecular weight excluding hydrogens is 352 g/mol. The lowest BCUT2D eigenvalue weighted by Gasteiger charge is -2.35. The van der Waals surface area contributed by atoms with Gasteiger partial charge in [-0.15, -0.1) is 0 Å². The van der Waals surface area contributed by atoms with Crippen molar-refractivity contribution in [1.82, 2.24) is 0 Å². The molecule has 0 fully saturated rings. The number of carbonyl (C=O) groups excluding carboxylic acids is 3. The standard InChI is InChI=1S/C19H28O6Si/c1-7-19(8-2,17-13-11-10-12-14(17)4)18(22)25-26(9-3,23-15(5)20)24-16(6)21/h10-13H,7-9H2,1-6H3. The fourth-order valence-corrected chi connectivity index (χ4v) is 5.01. The molecule has 0 radical (unpaired) electrons. The Morgan fingerprint density at radius 1 is 0.923 bits per heavy atom. The molecule has 0 unspecified atom stereocenters. The lowest BCUT2D eigenvalue weighted by Crippen LogP contribution is -2.52. The Kier molecular flexibility index (Phi) is 7.56. The number of benzene rings is 1. The monoisotopic (exact) mass is 380 g/mol. The Balaban J connectivity index is 3.36. The molecule has 1 aromatic carbocycles. The van der Waals surface area contributed by atoms with Crippen LogP contribution in [0.2, 0.25) is 6.04 Å². The largest absolute Gasteiger partial charge is 0.704 e. The summed E-state index contributed by atoms with van der Waals surface area (Å²) in [5.41, 5.74) is 0.926. The van der Waals surface area contributed by atoms with Crippen molar-refractivity contribution in [3.05, 3.63) is 35.4 Å². The van der Waals surface area contributed by atoms with Gasteiger partial charge in [0.15, 0.2) is 0 Å². The predicted molar refractivity (Wildman–Crippen MR) is 99.3 cm³/mol. The molecule has 0 saturated heterocycles. The zero-order chi connectivity index (χ0) is 20.0. The number of hydrogen-bond acceptors (Lipinski definition) is 6. The maximum atomic E-state index is 13.2. The van der Waals surface area contributed by atoms with Gasteiger partial charge in [0.1, 0.15) is 0 Å². The molecule has 144 valence electrons. The molecule has 0 saturated carbocycles. The van der Waals surface area contributed by atoms with Crippen LogP contribution in [0, 0.1) is 6.92 Å². The first-order valence-electron chi connectivity index (χ1n) is 8.85. The SMILES string of the molecule is CCC(CC)(C(=O)O[Si](CC)(OC(C)=O)OC(C)=O)c1ccccc1C. The highest BCUT2D eigenvalue weighted by molar-refractivity contribution is 6.65. The second kappa shape index (κ2) is 8.98. The molecule has 0 N–H and O–H groups in total. The normalized spacial score (nSPS) is 11.6. The van der Waals surface area contributed by atoms with Crippen LogP contribution in [0.1, 0.15) is 58.6 Å². The van der Waals surface area contributed by atoms with E-state index in [1.54, 1.807) is 6.92 Å². The molecule has 0 aliphatic carbocycles. The summed E-state index contributed by atoms with van der Waals surface area (Å²) in [6.07, 6.45) is 1.00. The summed E-state index contributed by atoms with van der Waals surface area (Å²) >= 11 is 0. The Hall–Kier alpha value is -2.15. The van der Waals surface area contributed by atoms with Gasteiger partial charge in [-0.2, -0.15) is 0 Å². The highest BCUT2D eigenvalue weighted by Gasteiger charge is 2.54. The molecule has 0 aliphatic heterocycles. The fraction of sp³-hybridized carbons (Fsp3) is 0.526. The van der Waals surface area contributed by atoms with Gasteiger partial charge in [-0.05, 0) is 30.9 Å². The molecule has 6 nitrogen and oxygen atoms in total. The summed E-state index contributed by atoms with van der Waals surface area (Å²) < 4.78 is 16.1. The minimum absolute atomic E-state index is 0.120. The van der Waals surface area contributed by atoms with Crippen LogP contribution < -0.4 is 0 Å². The van der Waals surface area contributed by atoms with Crippen LogP contribution in [0.25, 0.3) is 0 Å². The van der Waals surface area contributed by atoms with Gasteiger partial charge in [-0.25, -0.2) is 0 Å². The maximum absolute atomic E-state index is 13.2. The van der Waals surface area contributed by atoms with Gasteiger partial charge in [-0.3, -0.25) is 14.4 Å². The predicted octanol–water partition coefficient (Wildman–Crippen LogP) is 3.68. The van der Waals surface area contributed by atoms with E-state index in [9.17, 15) is 14.4 Å². The van der Waals surface area contributed by atoms with Crippen molar-refractivity contribution >= 4 is 26.7 Å². The molecular formula is C19H28O6Si. The summed E-state index contributed by atoms with van der Waals surface area (Å²) in [5.74, 6) is -1.84. The molecule has 1 rings (SSSR count). The van der Waals surface area contributed by atoms with E-state index in [4.69, 9.17) is 13.3 Å². The van der Waals surface area contributed by atoms with Gasteiger partial charge in [0, 0.05) is 13.8 Å². The molecule has 7 heteroatoms. The molecule has 1 aromatic rings. The van der Waals surface area contributed by atoms with Gasteiger partial charge < -0.3 is 13.3 Å². The van der Waals surface area contributed by atoms with E-state index in [2.05, 4.69) is 0 Å². The van der Waals surface area contributed by atoms with Crippen LogP contribution in [0.3, 0.4) is 0 Å². The zero-order valence-corrected chi connectivity index (χ0v) is 17.4. The fourth-order valence-electron chi connectivity index (χ4n) is 3.10. The highest BCUT2D eigenvalue weighted by atomic mass is 28.4. The van der Waals surface area contributed by atoms with Gasteiger partial charge in [0.05, 0.1) is 11.5 Å². The molecule has 0 bridgehead atoms. The van der Waals surface area contributed by atoms with Gasteiger partial charge in [-0.1, -0.05) is 45.0 Å². The van der Waals surface area contributed by atoms with Crippen molar-refractivity contribution < 1.29 is 27.7 Å². The van der Waals surface area contributed by atoms with Crippen LogP contribution >= 0.6 is 0 Å². The van der Waals surface area contributed by atoms with E-state index in [0.717, 1.165) is 11.1 Å². The zero-order valence-electron chi connectivity index (χ0n) is 16.4. The van der Waals surface area contributed by atoms with Crippen LogP contribution in [-0.4, -0.2) is 26.7 Å². The molecule has 0 spiro atoms. The van der Waals surface area contributed by atoms with Crippen molar-refractivity contribution in [3.8, 4) is 0 Å². The van der Waals surface area contributed by atoms with E-state index in [1.807, 2.05) is 45.0 Å². The molecule has 0 atom stereocenters. The second-order valence-electron chi connectivity index (χ2n) is 6.22. The molecule has 0 amide bonds. The number of hydrogen-bond donors (Lipinski definition) is 0. The van der Waals surface area contributed by atoms with E-state index < -0.39 is 32.1 Å². The topological polar surface area (TPSA) is 78.9 Å². The first-order valence-corrected chi connectivity index (χ1v) is 10.8. The van der Waals surface area contributed by atoms with E-state index >= 15 is 0 Å². The second-order valence-corrected chi connectivity index (χ2v) is 8.90. The Labute approximate surface area is 156 Å². The van der Waals surface area contributed by atoms with Gasteiger partial charge >= 0.3 is 14.8 Å². The van der Waals surface area contributed by atoms with Crippen molar-refractivity contribution in [1.29, 1.82) is 0 Å². The van der Waals surface area contributed by atoms with Crippen LogP contribution in [0.4, 0.5) is 0 Å². The minimum atomic E-state index is -3.80. The van der Waals surface area contributed by atoms with Crippen molar-refractivity contribution in [3.63, 3.8) is 0 Å². The maximum Gasteiger partial charge on any atom is 0.704 e. The van der Waals surface area contributed by atoms with E-state index in [-0.39, 0.29) is 6.04 Å². The first kappa shape index (κ1) is 21.9. The van der Waals surface area contributed by atoms with Crippen molar-refractivity contribution in [2.45, 2.75) is 65.8 Å². The molecule has 0 aliphatic rings. The Morgan fingerprint density at radius 2 is 1.42 bits per heavy atom. The molecule has 0 aromatic heterocycles. The van der Waals surface area contributed by atoms with Gasteiger partial charge in [0.25, 0.3) is 11.9 Å². The summed E-state index contributed by atoms with van der Waals surface area (Å²) in [7, 11) is -3.80. The lowest BCUT2D eigenvalue weighted by molar-refractivity contribution is -0.152. The van der Waals surface area contributed by atoms with Crippen LogP contribution in [-0.2, 0) is 33.1 Å². The minimum Gasteiger partial charge on any atom is -0.455 e. The highest BCUT2D eigenvalue weighted by Crippen LogP contribution is 2.36. The van der Waals surface area contributed by atoms with E-state index in [1.165, 1.54) is 13.8 Å². The summed E-state index contributed by atoms with van der Waals surface area (Å²) in [6.45, 7) is 9.81. The average molecular weight is 381 g/mol. The van der Waals surface area contributed by atoms with Crippen molar-refractivity contribution in [2.24, 2.45) is 0 Å². The Morgan fingerprint density at radius 3 is 1.81 bits per heavy atom. The quantitative estimate of drug-likeness (QED) is 0.640. The summed E-state index contributed by atoms with van der Waals surface area (Å²) in [5, 5.41) is 0. The number of carbonyl (C=O) groups is 3. The number of rotatable bonds is 8. The third-order valence-corrected chi connectivity index (χ3v) is 7.10. The Bertz CT molecular complexity index is 650. The van der Waals surface area contributed by atoms with Crippen LogP contribution in [0.5, 0.6) is 0 Å². The molecule has 26 heavy (non-hydrogen) atoms. The van der Waals surface area contributed by atoms with Gasteiger partial charge in [0.2, 0.25) is 0 Å². The first-order chi connectivity index (χ1) is 12.2. The average Bonchev–Trinajstić information content (AvgIpc) is 2.56. The third kappa shape index (κ3) is 4.72. The van der Waals surface area contributed by atoms with E-state index in [0.29, 0.717) is 12.8 Å². The van der Waals surface area contributed by atoms with Crippen molar-refractivity contribution in [2.75, 3.05) is 0 Å². The van der Waals surface area contributed by atoms with Crippen LogP contribution in [0.15, 0.2) is 24.3 Å².